The number of amides is 1. The number of nitrogens with one attached hydrogen (secondary N) is 1. The monoisotopic (exact) mass is 273 g/mol. The van der Waals surface area contributed by atoms with Gasteiger partial charge in [-0.25, -0.2) is 0 Å². The van der Waals surface area contributed by atoms with Gasteiger partial charge in [-0.3, -0.25) is 14.9 Å². The number of thiophene rings is 1. The van der Waals surface area contributed by atoms with Gasteiger partial charge in [-0.05, 0) is 18.2 Å². The highest BCUT2D eigenvalue weighted by molar-refractivity contribution is 7.17. The van der Waals surface area contributed by atoms with Crippen LogP contribution in [0.15, 0.2) is 36.4 Å². The van der Waals surface area contributed by atoms with Crippen LogP contribution >= 0.6 is 11.3 Å². The summed E-state index contributed by atoms with van der Waals surface area (Å²) in [5, 5.41) is 21.9. The predicted molar refractivity (Wildman–Crippen MR) is 70.1 cm³/mol. The van der Waals surface area contributed by atoms with Crippen molar-refractivity contribution in [1.29, 1.82) is 5.26 Å². The van der Waals surface area contributed by atoms with Crippen LogP contribution < -0.4 is 5.32 Å². The van der Waals surface area contributed by atoms with Crippen molar-refractivity contribution in [2.75, 3.05) is 5.32 Å². The molecule has 0 bridgehead atoms. The Balaban J connectivity index is 2.21. The molecule has 1 amide bonds. The molecule has 0 aliphatic rings. The van der Waals surface area contributed by atoms with E-state index in [1.54, 1.807) is 24.3 Å². The maximum Gasteiger partial charge on any atom is 0.324 e. The van der Waals surface area contributed by atoms with Gasteiger partial charge in [0.1, 0.15) is 6.07 Å². The van der Waals surface area contributed by atoms with Crippen LogP contribution in [0.3, 0.4) is 0 Å². The van der Waals surface area contributed by atoms with Gasteiger partial charge in [0, 0.05) is 6.07 Å². The number of carbonyl (C=O) groups excluding carboxylic acids is 1. The van der Waals surface area contributed by atoms with Gasteiger partial charge in [0.2, 0.25) is 0 Å². The smallest absolute Gasteiger partial charge is 0.320 e. The topological polar surface area (TPSA) is 96.0 Å². The number of nitriles is 1. The molecule has 0 saturated heterocycles. The van der Waals surface area contributed by atoms with Crippen molar-refractivity contribution in [1.82, 2.24) is 0 Å². The van der Waals surface area contributed by atoms with Crippen LogP contribution in [0.2, 0.25) is 0 Å². The van der Waals surface area contributed by atoms with Crippen LogP contribution in [0.1, 0.15) is 15.2 Å². The van der Waals surface area contributed by atoms with E-state index in [4.69, 9.17) is 5.26 Å². The SMILES string of the molecule is N#Cc1ccccc1NC(=O)c1ccc([N+](=O)[O-])s1. The molecule has 1 heterocycles. The number of hydrogen-bond acceptors (Lipinski definition) is 5. The van der Waals surface area contributed by atoms with Crippen LogP contribution in [0.25, 0.3) is 0 Å². The molecule has 6 nitrogen and oxygen atoms in total. The molecule has 0 fully saturated rings. The molecule has 0 saturated carbocycles. The first kappa shape index (κ1) is 12.7. The number of anilines is 1. The van der Waals surface area contributed by atoms with Crippen molar-refractivity contribution in [2.24, 2.45) is 0 Å². The van der Waals surface area contributed by atoms with Crippen molar-refractivity contribution in [3.8, 4) is 6.07 Å². The van der Waals surface area contributed by atoms with Gasteiger partial charge < -0.3 is 5.32 Å². The second-order valence-corrected chi connectivity index (χ2v) is 4.57. The lowest BCUT2D eigenvalue weighted by atomic mass is 10.2. The molecule has 2 aromatic rings. The summed E-state index contributed by atoms with van der Waals surface area (Å²) in [6.07, 6.45) is 0. The third kappa shape index (κ3) is 2.75. The Labute approximate surface area is 112 Å². The summed E-state index contributed by atoms with van der Waals surface area (Å²) in [5.41, 5.74) is 0.716. The van der Waals surface area contributed by atoms with Gasteiger partial charge in [-0.1, -0.05) is 23.5 Å². The molecular weight excluding hydrogens is 266 g/mol. The minimum atomic E-state index is -0.551. The molecule has 7 heteroatoms. The minimum Gasteiger partial charge on any atom is -0.320 e. The van der Waals surface area contributed by atoms with Gasteiger partial charge in [-0.2, -0.15) is 5.26 Å². The summed E-state index contributed by atoms with van der Waals surface area (Å²) >= 11 is 0.788. The molecular formula is C12H7N3O3S. The summed E-state index contributed by atoms with van der Waals surface area (Å²) in [7, 11) is 0. The third-order valence-corrected chi connectivity index (χ3v) is 3.33. The first-order valence-corrected chi connectivity index (χ1v) is 5.98. The molecule has 1 aromatic carbocycles. The van der Waals surface area contributed by atoms with Crippen molar-refractivity contribution >= 4 is 27.9 Å². The lowest BCUT2D eigenvalue weighted by Crippen LogP contribution is -2.11. The fourth-order valence-electron chi connectivity index (χ4n) is 1.42. The van der Waals surface area contributed by atoms with Crippen LogP contribution in [0.4, 0.5) is 10.7 Å². The Morgan fingerprint density at radius 2 is 2.05 bits per heavy atom. The van der Waals surface area contributed by atoms with E-state index in [1.165, 1.54) is 12.1 Å². The van der Waals surface area contributed by atoms with Crippen molar-refractivity contribution < 1.29 is 9.72 Å². The summed E-state index contributed by atoms with van der Waals surface area (Å²) in [6, 6.07) is 11.2. The normalized spacial score (nSPS) is 9.63. The molecule has 0 aliphatic heterocycles. The Bertz CT molecular complexity index is 688. The average Bonchev–Trinajstić information content (AvgIpc) is 2.89. The van der Waals surface area contributed by atoms with E-state index in [-0.39, 0.29) is 9.88 Å². The highest BCUT2D eigenvalue weighted by Gasteiger charge is 2.16. The zero-order valence-electron chi connectivity index (χ0n) is 9.49. The van der Waals surface area contributed by atoms with Crippen LogP contribution in [-0.4, -0.2) is 10.8 Å². The summed E-state index contributed by atoms with van der Waals surface area (Å²) in [6.45, 7) is 0. The Hall–Kier alpha value is -2.72. The van der Waals surface area contributed by atoms with E-state index >= 15 is 0 Å². The highest BCUT2D eigenvalue weighted by atomic mass is 32.1. The predicted octanol–water partition coefficient (Wildman–Crippen LogP) is 2.78. The fourth-order valence-corrected chi connectivity index (χ4v) is 2.14. The first-order chi connectivity index (χ1) is 9.11. The average molecular weight is 273 g/mol. The molecule has 19 heavy (non-hydrogen) atoms. The number of rotatable bonds is 3. The van der Waals surface area contributed by atoms with Crippen LogP contribution in [-0.2, 0) is 0 Å². The van der Waals surface area contributed by atoms with Crippen molar-refractivity contribution in [2.45, 2.75) is 0 Å². The number of nitro groups is 1. The number of carbonyl (C=O) groups is 1. The second kappa shape index (κ2) is 5.29. The number of hydrogen-bond donors (Lipinski definition) is 1. The largest absolute Gasteiger partial charge is 0.324 e. The fraction of sp³-hybridized carbons (Fsp3) is 0. The third-order valence-electron chi connectivity index (χ3n) is 2.29. The summed E-state index contributed by atoms with van der Waals surface area (Å²) in [4.78, 5) is 22.1. The van der Waals surface area contributed by atoms with Crippen LogP contribution in [0.5, 0.6) is 0 Å². The van der Waals surface area contributed by atoms with Gasteiger partial charge in [-0.15, -0.1) is 0 Å². The Kier molecular flexibility index (Phi) is 3.54. The molecule has 1 aromatic heterocycles. The molecule has 94 valence electrons. The zero-order valence-corrected chi connectivity index (χ0v) is 10.3. The molecule has 0 atom stereocenters. The lowest BCUT2D eigenvalue weighted by Gasteiger charge is -2.04. The maximum absolute atomic E-state index is 11.9. The zero-order chi connectivity index (χ0) is 13.8. The van der Waals surface area contributed by atoms with Gasteiger partial charge in [0.25, 0.3) is 5.91 Å². The number of nitrogens with zero attached hydrogens (tertiary/aromatic N) is 2. The Morgan fingerprint density at radius 3 is 2.68 bits per heavy atom. The highest BCUT2D eigenvalue weighted by Crippen LogP contribution is 2.25. The molecule has 0 radical (unpaired) electrons. The van der Waals surface area contributed by atoms with E-state index in [2.05, 4.69) is 5.32 Å². The Morgan fingerprint density at radius 1 is 1.32 bits per heavy atom. The molecule has 0 aliphatic carbocycles. The summed E-state index contributed by atoms with van der Waals surface area (Å²) < 4.78 is 0. The molecule has 0 unspecified atom stereocenters. The van der Waals surface area contributed by atoms with Crippen LogP contribution in [0, 0.1) is 21.4 Å². The van der Waals surface area contributed by atoms with E-state index in [1.807, 2.05) is 6.07 Å². The van der Waals surface area contributed by atoms with Gasteiger partial charge in [0.05, 0.1) is 21.1 Å². The molecule has 2 rings (SSSR count). The van der Waals surface area contributed by atoms with E-state index < -0.39 is 10.8 Å². The van der Waals surface area contributed by atoms with Gasteiger partial charge in [0.15, 0.2) is 0 Å². The first-order valence-electron chi connectivity index (χ1n) is 5.16. The van der Waals surface area contributed by atoms with E-state index in [0.29, 0.717) is 11.3 Å². The molecule has 0 spiro atoms. The number of para-hydroxylation sites is 1. The minimum absolute atomic E-state index is 0.0984. The lowest BCUT2D eigenvalue weighted by molar-refractivity contribution is -0.380. The standard InChI is InChI=1S/C12H7N3O3S/c13-7-8-3-1-2-4-9(8)14-12(16)10-5-6-11(19-10)15(17)18/h1-6H,(H,14,16). The van der Waals surface area contributed by atoms with Crippen molar-refractivity contribution in [3.05, 3.63) is 57.0 Å². The van der Waals surface area contributed by atoms with E-state index in [9.17, 15) is 14.9 Å². The van der Waals surface area contributed by atoms with Crippen molar-refractivity contribution in [3.63, 3.8) is 0 Å². The summed E-state index contributed by atoms with van der Waals surface area (Å²) in [5.74, 6) is -0.471. The van der Waals surface area contributed by atoms with Gasteiger partial charge >= 0.3 is 5.00 Å². The maximum atomic E-state index is 11.9. The second-order valence-electron chi connectivity index (χ2n) is 3.51. The quantitative estimate of drug-likeness (QED) is 0.686. The number of benzene rings is 1. The molecule has 1 N–H and O–H groups in total. The van der Waals surface area contributed by atoms with E-state index in [0.717, 1.165) is 11.3 Å².